The van der Waals surface area contributed by atoms with Crippen molar-refractivity contribution < 1.29 is 0 Å². The summed E-state index contributed by atoms with van der Waals surface area (Å²) in [6, 6.07) is 2.33. The summed E-state index contributed by atoms with van der Waals surface area (Å²) in [7, 11) is 0. The van der Waals surface area contributed by atoms with E-state index in [0.29, 0.717) is 6.04 Å². The molecule has 0 aromatic heterocycles. The number of nitrogens with zero attached hydrogens (tertiary/aromatic N) is 1. The summed E-state index contributed by atoms with van der Waals surface area (Å²) in [5, 5.41) is 3.65. The number of nitrogens with one attached hydrogen (secondary N) is 1. The molecule has 0 aromatic carbocycles. The Morgan fingerprint density at radius 3 is 2.50 bits per heavy atom. The van der Waals surface area contributed by atoms with Crippen LogP contribution < -0.4 is 5.32 Å². The van der Waals surface area contributed by atoms with Crippen molar-refractivity contribution in [1.82, 2.24) is 10.2 Å². The van der Waals surface area contributed by atoms with Crippen LogP contribution in [0.15, 0.2) is 0 Å². The Kier molecular flexibility index (Phi) is 3.45. The van der Waals surface area contributed by atoms with Crippen molar-refractivity contribution in [2.75, 3.05) is 13.1 Å². The summed E-state index contributed by atoms with van der Waals surface area (Å²) < 4.78 is 0. The normalized spacial score (nSPS) is 30.6. The lowest BCUT2D eigenvalue weighted by Crippen LogP contribution is -2.39. The van der Waals surface area contributed by atoms with E-state index in [1.54, 1.807) is 0 Å². The standard InChI is InChI=1S/C12H24N2/c1-10(2)13-11-7-8-14(9-11)12-5-3-4-6-12/h10-13H,3-9H2,1-2H3. The van der Waals surface area contributed by atoms with E-state index in [0.717, 1.165) is 12.1 Å². The first-order chi connectivity index (χ1) is 6.75. The third kappa shape index (κ3) is 2.48. The van der Waals surface area contributed by atoms with Crippen LogP contribution in [0.3, 0.4) is 0 Å². The molecule has 0 amide bonds. The van der Waals surface area contributed by atoms with Crippen LogP contribution in [0.4, 0.5) is 0 Å². The second kappa shape index (κ2) is 4.63. The van der Waals surface area contributed by atoms with E-state index in [1.165, 1.54) is 45.2 Å². The average Bonchev–Trinajstić information content (AvgIpc) is 2.69. The first-order valence-electron chi connectivity index (χ1n) is 6.26. The summed E-state index contributed by atoms with van der Waals surface area (Å²) >= 11 is 0. The summed E-state index contributed by atoms with van der Waals surface area (Å²) in [4.78, 5) is 2.72. The summed E-state index contributed by atoms with van der Waals surface area (Å²) in [5.41, 5.74) is 0. The smallest absolute Gasteiger partial charge is 0.0209 e. The van der Waals surface area contributed by atoms with Gasteiger partial charge in [-0.15, -0.1) is 0 Å². The van der Waals surface area contributed by atoms with Gasteiger partial charge in [0.2, 0.25) is 0 Å². The molecular formula is C12H24N2. The molecule has 1 saturated heterocycles. The molecular weight excluding hydrogens is 172 g/mol. The van der Waals surface area contributed by atoms with Gasteiger partial charge in [0.05, 0.1) is 0 Å². The van der Waals surface area contributed by atoms with Gasteiger partial charge in [-0.05, 0) is 19.3 Å². The molecule has 1 unspecified atom stereocenters. The van der Waals surface area contributed by atoms with E-state index in [4.69, 9.17) is 0 Å². The molecule has 2 heteroatoms. The molecule has 0 aromatic rings. The van der Waals surface area contributed by atoms with E-state index in [2.05, 4.69) is 24.1 Å². The molecule has 0 radical (unpaired) electrons. The molecule has 1 atom stereocenters. The van der Waals surface area contributed by atoms with E-state index in [-0.39, 0.29) is 0 Å². The molecule has 82 valence electrons. The zero-order chi connectivity index (χ0) is 9.97. The first-order valence-corrected chi connectivity index (χ1v) is 6.26. The molecule has 1 aliphatic carbocycles. The molecule has 2 aliphatic rings. The van der Waals surface area contributed by atoms with E-state index in [1.807, 2.05) is 0 Å². The molecule has 1 aliphatic heterocycles. The van der Waals surface area contributed by atoms with Gasteiger partial charge in [0.25, 0.3) is 0 Å². The number of hydrogen-bond acceptors (Lipinski definition) is 2. The lowest BCUT2D eigenvalue weighted by Gasteiger charge is -2.24. The van der Waals surface area contributed by atoms with Gasteiger partial charge in [0, 0.05) is 31.2 Å². The fourth-order valence-electron chi connectivity index (χ4n) is 3.00. The molecule has 2 nitrogen and oxygen atoms in total. The highest BCUT2D eigenvalue weighted by Gasteiger charge is 2.29. The largest absolute Gasteiger partial charge is 0.310 e. The average molecular weight is 196 g/mol. The molecule has 0 spiro atoms. The third-order valence-electron chi connectivity index (χ3n) is 3.63. The van der Waals surface area contributed by atoms with Crippen molar-refractivity contribution in [2.24, 2.45) is 0 Å². The summed E-state index contributed by atoms with van der Waals surface area (Å²) in [6.07, 6.45) is 7.18. The van der Waals surface area contributed by atoms with Gasteiger partial charge < -0.3 is 5.32 Å². The maximum atomic E-state index is 3.65. The maximum absolute atomic E-state index is 3.65. The van der Waals surface area contributed by atoms with Gasteiger partial charge >= 0.3 is 0 Å². The van der Waals surface area contributed by atoms with Gasteiger partial charge in [-0.3, -0.25) is 4.90 Å². The van der Waals surface area contributed by atoms with Crippen molar-refractivity contribution in [3.8, 4) is 0 Å². The van der Waals surface area contributed by atoms with Gasteiger partial charge in [-0.2, -0.15) is 0 Å². The summed E-state index contributed by atoms with van der Waals surface area (Å²) in [5.74, 6) is 0. The Labute approximate surface area is 88.1 Å². The second-order valence-electron chi connectivity index (χ2n) is 5.24. The zero-order valence-electron chi connectivity index (χ0n) is 9.63. The molecule has 1 saturated carbocycles. The Balaban J connectivity index is 1.76. The molecule has 2 rings (SSSR count). The SMILES string of the molecule is CC(C)NC1CCN(C2CCCC2)C1. The minimum atomic E-state index is 0.642. The quantitative estimate of drug-likeness (QED) is 0.743. The van der Waals surface area contributed by atoms with Crippen LogP contribution >= 0.6 is 0 Å². The highest BCUT2D eigenvalue weighted by atomic mass is 15.2. The minimum absolute atomic E-state index is 0.642. The fraction of sp³-hybridized carbons (Fsp3) is 1.00. The Morgan fingerprint density at radius 2 is 1.86 bits per heavy atom. The minimum Gasteiger partial charge on any atom is -0.310 e. The number of likely N-dealkylation sites (tertiary alicyclic amines) is 1. The van der Waals surface area contributed by atoms with Crippen LogP contribution in [0.2, 0.25) is 0 Å². The summed E-state index contributed by atoms with van der Waals surface area (Å²) in [6.45, 7) is 7.12. The molecule has 1 N–H and O–H groups in total. The molecule has 2 fully saturated rings. The molecule has 1 heterocycles. The van der Waals surface area contributed by atoms with Crippen molar-refractivity contribution in [1.29, 1.82) is 0 Å². The Hall–Kier alpha value is -0.0800. The van der Waals surface area contributed by atoms with E-state index in [9.17, 15) is 0 Å². The van der Waals surface area contributed by atoms with E-state index >= 15 is 0 Å². The van der Waals surface area contributed by atoms with Crippen LogP contribution in [-0.4, -0.2) is 36.1 Å². The third-order valence-corrected chi connectivity index (χ3v) is 3.63. The topological polar surface area (TPSA) is 15.3 Å². The number of rotatable bonds is 3. The second-order valence-corrected chi connectivity index (χ2v) is 5.24. The zero-order valence-corrected chi connectivity index (χ0v) is 9.63. The predicted octanol–water partition coefficient (Wildman–Crippen LogP) is 2.00. The van der Waals surface area contributed by atoms with Gasteiger partial charge in [-0.25, -0.2) is 0 Å². The van der Waals surface area contributed by atoms with Crippen LogP contribution in [0.5, 0.6) is 0 Å². The Bertz CT molecular complexity index is 173. The Morgan fingerprint density at radius 1 is 1.14 bits per heavy atom. The van der Waals surface area contributed by atoms with Crippen molar-refractivity contribution in [3.05, 3.63) is 0 Å². The highest BCUT2D eigenvalue weighted by Crippen LogP contribution is 2.26. The lowest BCUT2D eigenvalue weighted by molar-refractivity contribution is 0.239. The predicted molar refractivity (Wildman–Crippen MR) is 60.5 cm³/mol. The van der Waals surface area contributed by atoms with Gasteiger partial charge in [0.1, 0.15) is 0 Å². The van der Waals surface area contributed by atoms with Crippen LogP contribution in [0, 0.1) is 0 Å². The van der Waals surface area contributed by atoms with Crippen LogP contribution in [-0.2, 0) is 0 Å². The van der Waals surface area contributed by atoms with E-state index < -0.39 is 0 Å². The first kappa shape index (κ1) is 10.4. The highest BCUT2D eigenvalue weighted by molar-refractivity contribution is 4.87. The monoisotopic (exact) mass is 196 g/mol. The van der Waals surface area contributed by atoms with Crippen LogP contribution in [0.1, 0.15) is 46.0 Å². The van der Waals surface area contributed by atoms with Gasteiger partial charge in [-0.1, -0.05) is 26.7 Å². The lowest BCUT2D eigenvalue weighted by atomic mass is 10.2. The van der Waals surface area contributed by atoms with Crippen molar-refractivity contribution in [3.63, 3.8) is 0 Å². The maximum Gasteiger partial charge on any atom is 0.0209 e. The molecule has 14 heavy (non-hydrogen) atoms. The van der Waals surface area contributed by atoms with Gasteiger partial charge in [0.15, 0.2) is 0 Å². The van der Waals surface area contributed by atoms with Crippen molar-refractivity contribution >= 4 is 0 Å². The van der Waals surface area contributed by atoms with Crippen LogP contribution in [0.25, 0.3) is 0 Å². The molecule has 0 bridgehead atoms. The fourth-order valence-corrected chi connectivity index (χ4v) is 3.00. The number of hydrogen-bond donors (Lipinski definition) is 1. The van der Waals surface area contributed by atoms with Crippen molar-refractivity contribution in [2.45, 2.75) is 64.1 Å².